The predicted molar refractivity (Wildman–Crippen MR) is 91.2 cm³/mol. The fourth-order valence-corrected chi connectivity index (χ4v) is 2.89. The van der Waals surface area contributed by atoms with E-state index >= 15 is 0 Å². The first-order valence-corrected chi connectivity index (χ1v) is 7.70. The first kappa shape index (κ1) is 15.3. The Labute approximate surface area is 135 Å². The van der Waals surface area contributed by atoms with Crippen molar-refractivity contribution in [3.63, 3.8) is 0 Å². The third kappa shape index (κ3) is 3.27. The molecule has 0 aliphatic rings. The molecule has 1 aromatic heterocycles. The zero-order valence-corrected chi connectivity index (χ0v) is 13.0. The maximum atomic E-state index is 12.4. The maximum absolute atomic E-state index is 12.4. The minimum Gasteiger partial charge on any atom is -0.394 e. The number of para-hydroxylation sites is 1. The second-order valence-electron chi connectivity index (χ2n) is 5.66. The summed E-state index contributed by atoms with van der Waals surface area (Å²) in [6.07, 6.45) is 0.291. The number of nitrogens with one attached hydrogen (secondary N) is 2. The van der Waals surface area contributed by atoms with Crippen molar-refractivity contribution in [2.45, 2.75) is 19.4 Å². The SMILES string of the molecule is Cc1[nH]c2ccccc2c1CC(=O)NC(CO)c1ccccc1. The molecule has 1 heterocycles. The number of aliphatic hydroxyl groups excluding tert-OH is 1. The summed E-state index contributed by atoms with van der Waals surface area (Å²) >= 11 is 0. The van der Waals surface area contributed by atoms with Crippen LogP contribution >= 0.6 is 0 Å². The van der Waals surface area contributed by atoms with Crippen LogP contribution in [0.25, 0.3) is 10.9 Å². The van der Waals surface area contributed by atoms with Crippen molar-refractivity contribution < 1.29 is 9.90 Å². The number of rotatable bonds is 5. The molecule has 4 heteroatoms. The standard InChI is InChI=1S/C19H20N2O2/c1-13-16(15-9-5-6-10-17(15)20-13)11-19(23)21-18(12-22)14-7-3-2-4-8-14/h2-10,18,20,22H,11-12H2,1H3,(H,21,23). The molecule has 2 aromatic carbocycles. The summed E-state index contributed by atoms with van der Waals surface area (Å²) in [5, 5.41) is 13.5. The van der Waals surface area contributed by atoms with Gasteiger partial charge in [0.1, 0.15) is 0 Å². The molecule has 0 spiro atoms. The van der Waals surface area contributed by atoms with Gasteiger partial charge in [-0.25, -0.2) is 0 Å². The van der Waals surface area contributed by atoms with E-state index < -0.39 is 0 Å². The Morgan fingerprint density at radius 3 is 2.57 bits per heavy atom. The first-order chi connectivity index (χ1) is 11.2. The van der Waals surface area contributed by atoms with Gasteiger partial charge >= 0.3 is 0 Å². The molecule has 4 nitrogen and oxygen atoms in total. The number of aryl methyl sites for hydroxylation is 1. The second-order valence-corrected chi connectivity index (χ2v) is 5.66. The highest BCUT2D eigenvalue weighted by Crippen LogP contribution is 2.22. The van der Waals surface area contributed by atoms with Crippen LogP contribution in [0.15, 0.2) is 54.6 Å². The molecule has 0 saturated heterocycles. The third-order valence-electron chi connectivity index (χ3n) is 4.08. The van der Waals surface area contributed by atoms with Crippen molar-refractivity contribution in [1.82, 2.24) is 10.3 Å². The van der Waals surface area contributed by atoms with Crippen molar-refractivity contribution in [3.05, 3.63) is 71.4 Å². The Morgan fingerprint density at radius 2 is 1.83 bits per heavy atom. The largest absolute Gasteiger partial charge is 0.394 e. The van der Waals surface area contributed by atoms with Gasteiger partial charge in [-0.05, 0) is 24.1 Å². The Balaban J connectivity index is 1.77. The highest BCUT2D eigenvalue weighted by Gasteiger charge is 2.16. The van der Waals surface area contributed by atoms with Gasteiger partial charge in [0.2, 0.25) is 5.91 Å². The molecule has 1 amide bonds. The van der Waals surface area contributed by atoms with E-state index in [1.807, 2.05) is 61.5 Å². The summed E-state index contributed by atoms with van der Waals surface area (Å²) in [6, 6.07) is 17.1. The van der Waals surface area contributed by atoms with Crippen LogP contribution in [0.2, 0.25) is 0 Å². The van der Waals surface area contributed by atoms with Crippen LogP contribution in [-0.4, -0.2) is 22.6 Å². The average Bonchev–Trinajstić information content (AvgIpc) is 2.89. The lowest BCUT2D eigenvalue weighted by Gasteiger charge is -2.16. The van der Waals surface area contributed by atoms with Gasteiger partial charge in [0.15, 0.2) is 0 Å². The molecule has 23 heavy (non-hydrogen) atoms. The Bertz CT molecular complexity index is 809. The molecule has 118 valence electrons. The highest BCUT2D eigenvalue weighted by atomic mass is 16.3. The van der Waals surface area contributed by atoms with Crippen LogP contribution in [0.5, 0.6) is 0 Å². The number of amides is 1. The van der Waals surface area contributed by atoms with Crippen molar-refractivity contribution in [1.29, 1.82) is 0 Å². The number of carbonyl (C=O) groups excluding carboxylic acids is 1. The number of aliphatic hydroxyl groups is 1. The molecule has 3 aromatic rings. The molecule has 0 aliphatic heterocycles. The maximum Gasteiger partial charge on any atom is 0.225 e. The lowest BCUT2D eigenvalue weighted by Crippen LogP contribution is -2.32. The van der Waals surface area contributed by atoms with E-state index in [9.17, 15) is 9.90 Å². The molecule has 0 fully saturated rings. The van der Waals surface area contributed by atoms with Crippen LogP contribution in [0.3, 0.4) is 0 Å². The zero-order valence-electron chi connectivity index (χ0n) is 13.0. The number of aromatic amines is 1. The van der Waals surface area contributed by atoms with Crippen LogP contribution in [0.4, 0.5) is 0 Å². The third-order valence-corrected chi connectivity index (χ3v) is 4.08. The van der Waals surface area contributed by atoms with Crippen LogP contribution in [0.1, 0.15) is 22.9 Å². The van der Waals surface area contributed by atoms with E-state index in [0.29, 0.717) is 6.42 Å². The number of aromatic nitrogens is 1. The van der Waals surface area contributed by atoms with Gasteiger partial charge < -0.3 is 15.4 Å². The number of fused-ring (bicyclic) bond motifs is 1. The van der Waals surface area contributed by atoms with Gasteiger partial charge in [0.25, 0.3) is 0 Å². The molecule has 0 bridgehead atoms. The van der Waals surface area contributed by atoms with Crippen molar-refractivity contribution in [2.24, 2.45) is 0 Å². The van der Waals surface area contributed by atoms with Gasteiger partial charge in [-0.1, -0.05) is 48.5 Å². The molecule has 0 radical (unpaired) electrons. The average molecular weight is 308 g/mol. The highest BCUT2D eigenvalue weighted by molar-refractivity contribution is 5.90. The second kappa shape index (κ2) is 6.67. The van der Waals surface area contributed by atoms with Crippen LogP contribution in [-0.2, 0) is 11.2 Å². The zero-order chi connectivity index (χ0) is 16.2. The summed E-state index contributed by atoms with van der Waals surface area (Å²) in [4.78, 5) is 15.7. The normalized spacial score (nSPS) is 12.3. The van der Waals surface area contributed by atoms with Crippen molar-refractivity contribution >= 4 is 16.8 Å². The van der Waals surface area contributed by atoms with Crippen LogP contribution in [0, 0.1) is 6.92 Å². The fourth-order valence-electron chi connectivity index (χ4n) is 2.89. The monoisotopic (exact) mass is 308 g/mol. The molecule has 0 aliphatic carbocycles. The number of hydrogen-bond acceptors (Lipinski definition) is 2. The molecule has 3 N–H and O–H groups in total. The number of H-pyrrole nitrogens is 1. The van der Waals surface area contributed by atoms with E-state index in [4.69, 9.17) is 0 Å². The predicted octanol–water partition coefficient (Wildman–Crippen LogP) is 2.87. The lowest BCUT2D eigenvalue weighted by molar-refractivity contribution is -0.121. The molecule has 1 unspecified atom stereocenters. The van der Waals surface area contributed by atoms with Gasteiger partial charge in [-0.2, -0.15) is 0 Å². The quantitative estimate of drug-likeness (QED) is 0.678. The van der Waals surface area contributed by atoms with E-state index in [0.717, 1.165) is 27.7 Å². The molecule has 0 saturated carbocycles. The van der Waals surface area contributed by atoms with Gasteiger partial charge in [-0.15, -0.1) is 0 Å². The molecule has 3 rings (SSSR count). The number of benzene rings is 2. The summed E-state index contributed by atoms with van der Waals surface area (Å²) in [6.45, 7) is 1.85. The van der Waals surface area contributed by atoms with E-state index in [-0.39, 0.29) is 18.6 Å². The van der Waals surface area contributed by atoms with E-state index in [1.165, 1.54) is 0 Å². The summed E-state index contributed by atoms with van der Waals surface area (Å²) in [5.41, 5.74) is 3.94. The van der Waals surface area contributed by atoms with Gasteiger partial charge in [-0.3, -0.25) is 4.79 Å². The van der Waals surface area contributed by atoms with Gasteiger partial charge in [0.05, 0.1) is 19.1 Å². The summed E-state index contributed by atoms with van der Waals surface area (Å²) < 4.78 is 0. The number of carbonyl (C=O) groups is 1. The smallest absolute Gasteiger partial charge is 0.225 e. The lowest BCUT2D eigenvalue weighted by atomic mass is 10.1. The fraction of sp³-hybridized carbons (Fsp3) is 0.211. The van der Waals surface area contributed by atoms with Crippen LogP contribution < -0.4 is 5.32 Å². The minimum atomic E-state index is -0.380. The molecule has 1 atom stereocenters. The van der Waals surface area contributed by atoms with Crippen molar-refractivity contribution in [2.75, 3.05) is 6.61 Å². The van der Waals surface area contributed by atoms with E-state index in [1.54, 1.807) is 0 Å². The molecular weight excluding hydrogens is 288 g/mol. The topological polar surface area (TPSA) is 65.1 Å². The Hall–Kier alpha value is -2.59. The van der Waals surface area contributed by atoms with Crippen molar-refractivity contribution in [3.8, 4) is 0 Å². The first-order valence-electron chi connectivity index (χ1n) is 7.70. The summed E-state index contributed by atoms with van der Waals surface area (Å²) in [7, 11) is 0. The van der Waals surface area contributed by atoms with E-state index in [2.05, 4.69) is 10.3 Å². The van der Waals surface area contributed by atoms with Gasteiger partial charge in [0, 0.05) is 16.6 Å². The minimum absolute atomic E-state index is 0.0965. The Morgan fingerprint density at radius 1 is 1.13 bits per heavy atom. The molecular formula is C19H20N2O2. The number of hydrogen-bond donors (Lipinski definition) is 3. The summed E-state index contributed by atoms with van der Waals surface area (Å²) in [5.74, 6) is -0.0965. The Kier molecular flexibility index (Phi) is 4.44.